The maximum absolute atomic E-state index is 11.1. The second-order valence-corrected chi connectivity index (χ2v) is 7.72. The maximum atomic E-state index is 11.1. The number of anilines is 2. The number of benzene rings is 1. The van der Waals surface area contributed by atoms with Crippen molar-refractivity contribution >= 4 is 31.8 Å². The van der Waals surface area contributed by atoms with Gasteiger partial charge < -0.3 is 4.90 Å². The zero-order valence-corrected chi connectivity index (χ0v) is 14.7. The second-order valence-electron chi connectivity index (χ2n) is 4.86. The third kappa shape index (κ3) is 7.61. The van der Waals surface area contributed by atoms with Crippen LogP contribution in [0.25, 0.3) is 0 Å². The van der Waals surface area contributed by atoms with Crippen LogP contribution in [0.2, 0.25) is 0 Å². The van der Waals surface area contributed by atoms with Crippen LogP contribution in [0.3, 0.4) is 0 Å². The van der Waals surface area contributed by atoms with Gasteiger partial charge in [-0.2, -0.15) is 8.42 Å². The Balaban J connectivity index is 2.77. The summed E-state index contributed by atoms with van der Waals surface area (Å²) in [5.41, 5.74) is 4.18. The van der Waals surface area contributed by atoms with Crippen LogP contribution < -0.4 is 15.1 Å². The molecule has 0 saturated heterocycles. The Kier molecular flexibility index (Phi) is 6.77. The average molecular weight is 367 g/mol. The minimum atomic E-state index is -4.58. The molecule has 3 N–H and O–H groups in total. The van der Waals surface area contributed by atoms with Gasteiger partial charge >= 0.3 is 10.4 Å². The lowest BCUT2D eigenvalue weighted by molar-refractivity contribution is 0.320. The summed E-state index contributed by atoms with van der Waals surface area (Å²) in [6.45, 7) is 5.19. The molecule has 1 rings (SSSR count). The van der Waals surface area contributed by atoms with Crippen LogP contribution in [0.4, 0.5) is 11.4 Å². The molecule has 0 atom stereocenters. The van der Waals surface area contributed by atoms with Crippen LogP contribution in [0, 0.1) is 6.92 Å². The van der Waals surface area contributed by atoms with E-state index in [1.165, 1.54) is 0 Å². The minimum absolute atomic E-state index is 0.276. The largest absolute Gasteiger partial charge is 0.418 e. The Hall–Kier alpha value is -1.40. The predicted molar refractivity (Wildman–Crippen MR) is 88.2 cm³/mol. The molecule has 0 unspecified atom stereocenters. The van der Waals surface area contributed by atoms with Gasteiger partial charge in [0.15, 0.2) is 0 Å². The highest BCUT2D eigenvalue weighted by molar-refractivity contribution is 7.88. The lowest BCUT2D eigenvalue weighted by atomic mass is 10.1. The topological polar surface area (TPSA) is 125 Å². The first-order valence-electron chi connectivity index (χ1n) is 6.74. The van der Waals surface area contributed by atoms with E-state index in [9.17, 15) is 16.8 Å². The molecule has 132 valence electrons. The van der Waals surface area contributed by atoms with Crippen molar-refractivity contribution in [2.45, 2.75) is 13.8 Å². The normalized spacial score (nSPS) is 12.2. The summed E-state index contributed by atoms with van der Waals surface area (Å²) in [4.78, 5) is 1.97. The summed E-state index contributed by atoms with van der Waals surface area (Å²) in [6, 6.07) is 4.97. The fourth-order valence-electron chi connectivity index (χ4n) is 1.99. The van der Waals surface area contributed by atoms with Gasteiger partial charge in [0.05, 0.1) is 11.9 Å². The SMILES string of the molecule is CCN(CCNS(C)(=O)=O)c1ccc(NOS(=O)(=O)O)cc1C. The van der Waals surface area contributed by atoms with Gasteiger partial charge in [-0.15, -0.1) is 4.28 Å². The van der Waals surface area contributed by atoms with Crippen LogP contribution >= 0.6 is 0 Å². The van der Waals surface area contributed by atoms with E-state index in [1.54, 1.807) is 18.2 Å². The van der Waals surface area contributed by atoms with Crippen LogP contribution in [0.15, 0.2) is 18.2 Å². The Morgan fingerprint density at radius 2 is 1.91 bits per heavy atom. The molecule has 0 aromatic heterocycles. The first kappa shape index (κ1) is 19.6. The molecule has 0 saturated carbocycles. The van der Waals surface area contributed by atoms with Crippen LogP contribution in [-0.2, 0) is 24.7 Å². The maximum Gasteiger partial charge on any atom is 0.418 e. The number of rotatable bonds is 9. The summed E-state index contributed by atoms with van der Waals surface area (Å²) in [7, 11) is -7.81. The van der Waals surface area contributed by atoms with Crippen molar-refractivity contribution in [3.05, 3.63) is 23.8 Å². The summed E-state index contributed by atoms with van der Waals surface area (Å²) in [5.74, 6) is 0. The fourth-order valence-corrected chi connectivity index (χ4v) is 2.65. The molecule has 9 nitrogen and oxygen atoms in total. The third-order valence-electron chi connectivity index (χ3n) is 2.93. The van der Waals surface area contributed by atoms with Crippen molar-refractivity contribution in [1.82, 2.24) is 4.72 Å². The lowest BCUT2D eigenvalue weighted by Gasteiger charge is -2.25. The Morgan fingerprint density at radius 1 is 1.26 bits per heavy atom. The van der Waals surface area contributed by atoms with E-state index in [4.69, 9.17) is 4.55 Å². The highest BCUT2D eigenvalue weighted by atomic mass is 32.3. The molecule has 0 amide bonds. The second kappa shape index (κ2) is 7.93. The molecule has 11 heteroatoms. The van der Waals surface area contributed by atoms with E-state index in [0.717, 1.165) is 17.5 Å². The summed E-state index contributed by atoms with van der Waals surface area (Å²) >= 11 is 0. The van der Waals surface area contributed by atoms with E-state index >= 15 is 0 Å². The number of hydrogen-bond donors (Lipinski definition) is 3. The molecule has 0 aliphatic carbocycles. The minimum Gasteiger partial charge on any atom is -0.370 e. The summed E-state index contributed by atoms with van der Waals surface area (Å²) in [5, 5.41) is 0. The van der Waals surface area contributed by atoms with Crippen molar-refractivity contribution in [3.8, 4) is 0 Å². The molecule has 0 heterocycles. The van der Waals surface area contributed by atoms with Gasteiger partial charge in [-0.25, -0.2) is 18.6 Å². The molecule has 0 aliphatic rings. The number of hydrogen-bond acceptors (Lipinski definition) is 7. The molecule has 23 heavy (non-hydrogen) atoms. The van der Waals surface area contributed by atoms with Gasteiger partial charge in [0.25, 0.3) is 0 Å². The Labute approximate surface area is 136 Å². The first-order valence-corrected chi connectivity index (χ1v) is 9.99. The molecular weight excluding hydrogens is 346 g/mol. The molecule has 0 aliphatic heterocycles. The highest BCUT2D eigenvalue weighted by Crippen LogP contribution is 2.23. The first-order chi connectivity index (χ1) is 10.5. The van der Waals surface area contributed by atoms with Gasteiger partial charge in [0, 0.05) is 25.3 Å². The van der Waals surface area contributed by atoms with Gasteiger partial charge in [0.2, 0.25) is 10.0 Å². The zero-order chi connectivity index (χ0) is 17.7. The molecule has 0 spiro atoms. The molecule has 0 bridgehead atoms. The molecule has 0 fully saturated rings. The number of sulfonamides is 1. The molecule has 1 aromatic rings. The zero-order valence-electron chi connectivity index (χ0n) is 13.1. The Bertz CT molecular complexity index is 733. The van der Waals surface area contributed by atoms with E-state index in [2.05, 4.69) is 14.5 Å². The van der Waals surface area contributed by atoms with Crippen LogP contribution in [-0.4, -0.2) is 47.3 Å². The van der Waals surface area contributed by atoms with Crippen LogP contribution in [0.1, 0.15) is 12.5 Å². The number of nitrogens with zero attached hydrogens (tertiary/aromatic N) is 1. The van der Waals surface area contributed by atoms with Gasteiger partial charge in [-0.05, 0) is 37.6 Å². The number of nitrogens with one attached hydrogen (secondary N) is 2. The summed E-state index contributed by atoms with van der Waals surface area (Å²) in [6.07, 6.45) is 1.10. The number of aryl methyl sites for hydroxylation is 1. The van der Waals surface area contributed by atoms with E-state index in [0.29, 0.717) is 18.8 Å². The standard InChI is InChI=1S/C12H21N3O6S2/c1-4-15(8-7-13-22(3,16)17)12-6-5-11(9-10(12)2)14-21-23(18,19)20/h5-6,9,13-14H,4,7-8H2,1-3H3,(H,18,19,20). The van der Waals surface area contributed by atoms with Gasteiger partial charge in [-0.3, -0.25) is 4.55 Å². The third-order valence-corrected chi connectivity index (χ3v) is 3.95. The molecule has 1 aromatic carbocycles. The van der Waals surface area contributed by atoms with Crippen LogP contribution in [0.5, 0.6) is 0 Å². The van der Waals surface area contributed by atoms with Crippen molar-refractivity contribution in [2.24, 2.45) is 0 Å². The summed E-state index contributed by atoms with van der Waals surface area (Å²) < 4.78 is 58.2. The molecule has 0 radical (unpaired) electrons. The van der Waals surface area contributed by atoms with E-state index in [-0.39, 0.29) is 6.54 Å². The van der Waals surface area contributed by atoms with Crippen molar-refractivity contribution < 1.29 is 25.7 Å². The van der Waals surface area contributed by atoms with Crippen molar-refractivity contribution in [2.75, 3.05) is 36.3 Å². The van der Waals surface area contributed by atoms with Gasteiger partial charge in [0.1, 0.15) is 0 Å². The average Bonchev–Trinajstić information content (AvgIpc) is 2.40. The monoisotopic (exact) mass is 367 g/mol. The Morgan fingerprint density at radius 3 is 2.39 bits per heavy atom. The highest BCUT2D eigenvalue weighted by Gasteiger charge is 2.10. The van der Waals surface area contributed by atoms with E-state index in [1.807, 2.05) is 18.7 Å². The molecular formula is C12H21N3O6S2. The quantitative estimate of drug-likeness (QED) is 0.426. The predicted octanol–water partition coefficient (Wildman–Crippen LogP) is 0.517. The van der Waals surface area contributed by atoms with E-state index < -0.39 is 20.4 Å². The van der Waals surface area contributed by atoms with Crippen molar-refractivity contribution in [1.29, 1.82) is 0 Å². The van der Waals surface area contributed by atoms with Crippen molar-refractivity contribution in [3.63, 3.8) is 0 Å². The van der Waals surface area contributed by atoms with Gasteiger partial charge in [-0.1, -0.05) is 0 Å². The smallest absolute Gasteiger partial charge is 0.370 e. The number of likely N-dealkylation sites (N-methyl/N-ethyl adjacent to an activating group) is 1. The lowest BCUT2D eigenvalue weighted by Crippen LogP contribution is -2.34. The fraction of sp³-hybridized carbons (Fsp3) is 0.500.